The summed E-state index contributed by atoms with van der Waals surface area (Å²) in [6.07, 6.45) is 3.41. The van der Waals surface area contributed by atoms with Crippen molar-refractivity contribution in [3.05, 3.63) is 17.5 Å². The Morgan fingerprint density at radius 1 is 1.27 bits per heavy atom. The zero-order valence-corrected chi connectivity index (χ0v) is 15.0. The predicted molar refractivity (Wildman–Crippen MR) is 91.2 cm³/mol. The Labute approximate surface area is 151 Å². The van der Waals surface area contributed by atoms with Crippen LogP contribution in [0.1, 0.15) is 48.4 Å². The first-order chi connectivity index (χ1) is 12.5. The van der Waals surface area contributed by atoms with Crippen LogP contribution in [0.15, 0.2) is 10.6 Å². The molecule has 140 valence electrons. The van der Waals surface area contributed by atoms with Gasteiger partial charge in [0.25, 0.3) is 5.91 Å². The molecule has 3 amide bonds. The number of carbonyl (C=O) groups excluding carboxylic acids is 3. The van der Waals surface area contributed by atoms with Crippen molar-refractivity contribution in [3.63, 3.8) is 0 Å². The molecule has 1 N–H and O–H groups in total. The van der Waals surface area contributed by atoms with Crippen molar-refractivity contribution in [2.75, 3.05) is 26.2 Å². The summed E-state index contributed by atoms with van der Waals surface area (Å²) in [6.45, 7) is 4.07. The average molecular weight is 360 g/mol. The number of fused-ring (bicyclic) bond motifs is 1. The first kappa shape index (κ1) is 17.1. The third-order valence-electron chi connectivity index (χ3n) is 5.91. The quantitative estimate of drug-likeness (QED) is 0.838. The van der Waals surface area contributed by atoms with E-state index in [2.05, 4.69) is 10.5 Å². The highest BCUT2D eigenvalue weighted by atomic mass is 16.5. The molecule has 3 saturated heterocycles. The van der Waals surface area contributed by atoms with Crippen LogP contribution >= 0.6 is 0 Å². The smallest absolute Gasteiger partial charge is 0.276 e. The van der Waals surface area contributed by atoms with Crippen molar-refractivity contribution < 1.29 is 18.9 Å². The van der Waals surface area contributed by atoms with Crippen molar-refractivity contribution >= 4 is 17.7 Å². The molecule has 0 spiro atoms. The van der Waals surface area contributed by atoms with E-state index in [1.165, 1.54) is 0 Å². The average Bonchev–Trinajstić information content (AvgIpc) is 3.32. The summed E-state index contributed by atoms with van der Waals surface area (Å²) >= 11 is 0. The van der Waals surface area contributed by atoms with Gasteiger partial charge in [0.05, 0.1) is 5.41 Å². The maximum absolute atomic E-state index is 13.4. The highest BCUT2D eigenvalue weighted by molar-refractivity contribution is 5.94. The van der Waals surface area contributed by atoms with E-state index in [4.69, 9.17) is 4.52 Å². The molecule has 1 aromatic heterocycles. The van der Waals surface area contributed by atoms with Crippen molar-refractivity contribution in [1.29, 1.82) is 0 Å². The maximum atomic E-state index is 13.4. The minimum absolute atomic E-state index is 0.00764. The third-order valence-corrected chi connectivity index (χ3v) is 5.91. The highest BCUT2D eigenvalue weighted by Gasteiger charge is 2.54. The summed E-state index contributed by atoms with van der Waals surface area (Å²) in [5, 5.41) is 6.83. The van der Waals surface area contributed by atoms with E-state index in [1.54, 1.807) is 17.9 Å². The Hall–Kier alpha value is -2.38. The minimum atomic E-state index is -0.731. The van der Waals surface area contributed by atoms with Crippen molar-refractivity contribution in [2.45, 2.75) is 45.1 Å². The van der Waals surface area contributed by atoms with Gasteiger partial charge in [-0.3, -0.25) is 14.4 Å². The van der Waals surface area contributed by atoms with Gasteiger partial charge in [-0.05, 0) is 32.6 Å². The van der Waals surface area contributed by atoms with Gasteiger partial charge in [0.15, 0.2) is 5.69 Å². The number of carbonyl (C=O) groups is 3. The maximum Gasteiger partial charge on any atom is 0.276 e. The number of amides is 3. The van der Waals surface area contributed by atoms with Crippen LogP contribution in [0, 0.1) is 12.3 Å². The third kappa shape index (κ3) is 2.77. The summed E-state index contributed by atoms with van der Waals surface area (Å²) in [5.74, 6) is 0.433. The van der Waals surface area contributed by atoms with Crippen LogP contribution in [-0.4, -0.2) is 64.9 Å². The fraction of sp³-hybridized carbons (Fsp3) is 0.667. The van der Waals surface area contributed by atoms with E-state index in [0.717, 1.165) is 25.9 Å². The zero-order chi connectivity index (χ0) is 18.3. The molecule has 4 heterocycles. The largest absolute Gasteiger partial charge is 0.361 e. The van der Waals surface area contributed by atoms with Crippen LogP contribution in [0.5, 0.6) is 0 Å². The molecule has 26 heavy (non-hydrogen) atoms. The van der Waals surface area contributed by atoms with Crippen LogP contribution < -0.4 is 5.32 Å². The normalized spacial score (nSPS) is 28.7. The molecule has 1 aromatic rings. The van der Waals surface area contributed by atoms with E-state index in [9.17, 15) is 14.4 Å². The van der Waals surface area contributed by atoms with Gasteiger partial charge in [0, 0.05) is 44.7 Å². The van der Waals surface area contributed by atoms with Crippen LogP contribution in [-0.2, 0) is 9.59 Å². The van der Waals surface area contributed by atoms with E-state index < -0.39 is 5.41 Å². The van der Waals surface area contributed by atoms with Crippen molar-refractivity contribution in [2.24, 2.45) is 5.41 Å². The van der Waals surface area contributed by atoms with Gasteiger partial charge < -0.3 is 19.6 Å². The first-order valence-corrected chi connectivity index (χ1v) is 9.31. The van der Waals surface area contributed by atoms with Gasteiger partial charge in [-0.25, -0.2) is 0 Å². The summed E-state index contributed by atoms with van der Waals surface area (Å²) < 4.78 is 5.02. The van der Waals surface area contributed by atoms with E-state index in [1.807, 2.05) is 4.90 Å². The first-order valence-electron chi connectivity index (χ1n) is 9.31. The zero-order valence-electron chi connectivity index (χ0n) is 15.0. The molecule has 2 atom stereocenters. The second-order valence-corrected chi connectivity index (χ2v) is 7.61. The van der Waals surface area contributed by atoms with Crippen LogP contribution in [0.25, 0.3) is 0 Å². The van der Waals surface area contributed by atoms with Crippen LogP contribution in [0.4, 0.5) is 0 Å². The number of likely N-dealkylation sites (tertiary alicyclic amines) is 2. The van der Waals surface area contributed by atoms with Gasteiger partial charge in [0.2, 0.25) is 11.8 Å². The number of nitrogens with one attached hydrogen (secondary N) is 1. The Kier molecular flexibility index (Phi) is 4.20. The fourth-order valence-electron chi connectivity index (χ4n) is 4.52. The standard InChI is InChI=1S/C18H24N4O4/c1-12-10-13(20-26-12)16(24)22-9-5-14-18(11-22,6-4-15(23)19-14)17(25)21-7-2-3-8-21/h10,14H,2-9,11H2,1H3,(H,19,23)/t14-,18+/m1/s1. The van der Waals surface area contributed by atoms with Crippen molar-refractivity contribution in [1.82, 2.24) is 20.3 Å². The lowest BCUT2D eigenvalue weighted by Gasteiger charge is -2.50. The monoisotopic (exact) mass is 360 g/mol. The Morgan fingerprint density at radius 3 is 2.73 bits per heavy atom. The molecule has 3 aliphatic rings. The molecule has 3 aliphatic heterocycles. The number of aryl methyl sites for hydroxylation is 1. The fourth-order valence-corrected chi connectivity index (χ4v) is 4.52. The van der Waals surface area contributed by atoms with E-state index in [-0.39, 0.29) is 29.5 Å². The van der Waals surface area contributed by atoms with E-state index in [0.29, 0.717) is 38.1 Å². The number of hydrogen-bond acceptors (Lipinski definition) is 5. The lowest BCUT2D eigenvalue weighted by molar-refractivity contribution is -0.151. The van der Waals surface area contributed by atoms with Crippen LogP contribution in [0.3, 0.4) is 0 Å². The summed E-state index contributed by atoms with van der Waals surface area (Å²) in [4.78, 5) is 41.7. The topological polar surface area (TPSA) is 95.8 Å². The van der Waals surface area contributed by atoms with Crippen LogP contribution in [0.2, 0.25) is 0 Å². The molecule has 0 aliphatic carbocycles. The predicted octanol–water partition coefficient (Wildman–Crippen LogP) is 0.716. The number of rotatable bonds is 2. The molecule has 4 rings (SSSR count). The van der Waals surface area contributed by atoms with Gasteiger partial charge >= 0.3 is 0 Å². The van der Waals surface area contributed by atoms with Crippen molar-refractivity contribution in [3.8, 4) is 0 Å². The second kappa shape index (κ2) is 6.41. The van der Waals surface area contributed by atoms with Gasteiger partial charge in [-0.2, -0.15) is 0 Å². The molecule has 0 aromatic carbocycles. The highest BCUT2D eigenvalue weighted by Crippen LogP contribution is 2.40. The summed E-state index contributed by atoms with van der Waals surface area (Å²) in [6, 6.07) is 1.41. The van der Waals surface area contributed by atoms with E-state index >= 15 is 0 Å². The number of hydrogen-bond donors (Lipinski definition) is 1. The number of aromatic nitrogens is 1. The molecule has 0 radical (unpaired) electrons. The molecule has 3 fully saturated rings. The lowest BCUT2D eigenvalue weighted by atomic mass is 9.69. The Bertz CT molecular complexity index is 739. The molecule has 0 saturated carbocycles. The summed E-state index contributed by atoms with van der Waals surface area (Å²) in [5.41, 5.74) is -0.463. The van der Waals surface area contributed by atoms with Gasteiger partial charge in [-0.15, -0.1) is 0 Å². The molecular formula is C18H24N4O4. The summed E-state index contributed by atoms with van der Waals surface area (Å²) in [7, 11) is 0. The lowest BCUT2D eigenvalue weighted by Crippen LogP contribution is -2.67. The molecule has 0 bridgehead atoms. The Morgan fingerprint density at radius 2 is 2.04 bits per heavy atom. The number of piperidine rings is 2. The molecular weight excluding hydrogens is 336 g/mol. The SMILES string of the molecule is Cc1cc(C(=O)N2CC[C@H]3NC(=O)CC[C@]3(C(=O)N3CCCC3)C2)no1. The van der Waals surface area contributed by atoms with Gasteiger partial charge in [-0.1, -0.05) is 5.16 Å². The minimum Gasteiger partial charge on any atom is -0.361 e. The number of nitrogens with zero attached hydrogens (tertiary/aromatic N) is 3. The van der Waals surface area contributed by atoms with Gasteiger partial charge in [0.1, 0.15) is 5.76 Å². The molecule has 0 unspecified atom stereocenters. The Balaban J connectivity index is 1.61. The molecule has 8 nitrogen and oxygen atoms in total. The molecule has 8 heteroatoms. The second-order valence-electron chi connectivity index (χ2n) is 7.61.